The number of fused-ring (bicyclic) bond motifs is 1. The highest BCUT2D eigenvalue weighted by atomic mass is 15.3. The summed E-state index contributed by atoms with van der Waals surface area (Å²) in [5.74, 6) is 0. The third kappa shape index (κ3) is 3.84. The van der Waals surface area contributed by atoms with Crippen LogP contribution < -0.4 is 5.32 Å². The molecule has 1 aromatic carbocycles. The van der Waals surface area contributed by atoms with E-state index < -0.39 is 0 Å². The van der Waals surface area contributed by atoms with E-state index in [1.807, 2.05) is 10.9 Å². The van der Waals surface area contributed by atoms with Crippen molar-refractivity contribution in [3.8, 4) is 0 Å². The Balaban J connectivity index is 1.63. The molecule has 124 valence electrons. The van der Waals surface area contributed by atoms with Gasteiger partial charge in [0.2, 0.25) is 0 Å². The number of aromatic nitrogens is 2. The van der Waals surface area contributed by atoms with Crippen LogP contribution in [0.2, 0.25) is 0 Å². The Morgan fingerprint density at radius 2 is 1.91 bits per heavy atom. The van der Waals surface area contributed by atoms with Crippen molar-refractivity contribution in [3.63, 3.8) is 0 Å². The lowest BCUT2D eigenvalue weighted by Gasteiger charge is -2.20. The molecule has 0 unspecified atom stereocenters. The molecule has 1 atom stereocenters. The van der Waals surface area contributed by atoms with Gasteiger partial charge in [0.05, 0.1) is 11.7 Å². The molecule has 0 spiro atoms. The minimum absolute atomic E-state index is 0.0440. The van der Waals surface area contributed by atoms with Gasteiger partial charge in [0.1, 0.15) is 0 Å². The molecule has 1 aliphatic carbocycles. The summed E-state index contributed by atoms with van der Waals surface area (Å²) >= 11 is 0. The molecule has 23 heavy (non-hydrogen) atoms. The maximum absolute atomic E-state index is 4.47. The normalized spacial score (nSPS) is 16.2. The highest BCUT2D eigenvalue weighted by Gasteiger charge is 2.15. The van der Waals surface area contributed by atoms with Gasteiger partial charge in [0.25, 0.3) is 0 Å². The van der Waals surface area contributed by atoms with Gasteiger partial charge in [0, 0.05) is 24.3 Å². The maximum atomic E-state index is 4.47. The summed E-state index contributed by atoms with van der Waals surface area (Å²) in [7, 11) is 0. The molecular formula is C20H29N3. The summed E-state index contributed by atoms with van der Waals surface area (Å²) in [5.41, 5.74) is 5.79. The summed E-state index contributed by atoms with van der Waals surface area (Å²) in [6.45, 7) is 9.62. The first kappa shape index (κ1) is 16.3. The van der Waals surface area contributed by atoms with Crippen LogP contribution in [0.15, 0.2) is 30.6 Å². The molecule has 0 saturated heterocycles. The van der Waals surface area contributed by atoms with Gasteiger partial charge in [-0.2, -0.15) is 5.10 Å². The largest absolute Gasteiger partial charge is 0.306 e. The van der Waals surface area contributed by atoms with Crippen LogP contribution in [0.1, 0.15) is 68.8 Å². The summed E-state index contributed by atoms with van der Waals surface area (Å²) in [6, 6.07) is 7.39. The van der Waals surface area contributed by atoms with Gasteiger partial charge in [0.15, 0.2) is 0 Å². The van der Waals surface area contributed by atoms with Gasteiger partial charge in [-0.15, -0.1) is 0 Å². The summed E-state index contributed by atoms with van der Waals surface area (Å²) in [6.07, 6.45) is 9.30. The molecule has 1 aromatic heterocycles. The Morgan fingerprint density at radius 1 is 1.17 bits per heavy atom. The van der Waals surface area contributed by atoms with Gasteiger partial charge in [-0.1, -0.05) is 18.2 Å². The molecule has 2 aromatic rings. The summed E-state index contributed by atoms with van der Waals surface area (Å²) < 4.78 is 2.04. The molecule has 0 radical (unpaired) electrons. The van der Waals surface area contributed by atoms with Crippen LogP contribution >= 0.6 is 0 Å². The zero-order valence-corrected chi connectivity index (χ0v) is 14.9. The zero-order chi connectivity index (χ0) is 16.4. The van der Waals surface area contributed by atoms with Crippen molar-refractivity contribution in [3.05, 3.63) is 52.8 Å². The number of nitrogens with zero attached hydrogens (tertiary/aromatic N) is 2. The lowest BCUT2D eigenvalue weighted by atomic mass is 9.89. The first-order chi connectivity index (χ1) is 10.9. The Bertz CT molecular complexity index is 664. The zero-order valence-electron chi connectivity index (χ0n) is 14.9. The van der Waals surface area contributed by atoms with Crippen molar-refractivity contribution in [1.29, 1.82) is 0 Å². The summed E-state index contributed by atoms with van der Waals surface area (Å²) in [4.78, 5) is 0. The second-order valence-corrected chi connectivity index (χ2v) is 7.80. The van der Waals surface area contributed by atoms with Crippen LogP contribution in [0.25, 0.3) is 0 Å². The third-order valence-electron chi connectivity index (χ3n) is 4.81. The summed E-state index contributed by atoms with van der Waals surface area (Å²) in [5, 5.41) is 8.11. The van der Waals surface area contributed by atoms with Crippen molar-refractivity contribution in [2.75, 3.05) is 0 Å². The molecule has 0 bridgehead atoms. The van der Waals surface area contributed by atoms with Gasteiger partial charge in [-0.3, -0.25) is 4.68 Å². The van der Waals surface area contributed by atoms with E-state index in [0.717, 1.165) is 6.54 Å². The van der Waals surface area contributed by atoms with E-state index in [9.17, 15) is 0 Å². The molecule has 1 N–H and O–H groups in total. The molecule has 0 fully saturated rings. The predicted molar refractivity (Wildman–Crippen MR) is 95.6 cm³/mol. The maximum Gasteiger partial charge on any atom is 0.0543 e. The quantitative estimate of drug-likeness (QED) is 0.909. The molecule has 3 nitrogen and oxygen atoms in total. The number of rotatable bonds is 4. The standard InChI is InChI=1S/C20H29N3/c1-15(18-10-9-17-7-5-6-8-19(17)11-18)21-12-16-13-22-23(14-16)20(2,3)4/h9-11,13-15,21H,5-8,12H2,1-4H3/t15-/m1/s1. The van der Waals surface area contributed by atoms with Crippen LogP contribution in [0.3, 0.4) is 0 Å². The topological polar surface area (TPSA) is 29.9 Å². The van der Waals surface area contributed by atoms with Crippen LogP contribution in [-0.4, -0.2) is 9.78 Å². The SMILES string of the molecule is C[C@@H](NCc1cnn(C(C)(C)C)c1)c1ccc2c(c1)CCCC2. The molecule has 1 aliphatic rings. The molecular weight excluding hydrogens is 282 g/mol. The number of aryl methyl sites for hydroxylation is 2. The molecule has 1 heterocycles. The van der Waals surface area contributed by atoms with Gasteiger partial charge in [-0.25, -0.2) is 0 Å². The van der Waals surface area contributed by atoms with Crippen molar-refractivity contribution >= 4 is 0 Å². The average molecular weight is 311 g/mol. The fourth-order valence-electron chi connectivity index (χ4n) is 3.23. The first-order valence-electron chi connectivity index (χ1n) is 8.82. The lowest BCUT2D eigenvalue weighted by molar-refractivity contribution is 0.355. The van der Waals surface area contributed by atoms with Crippen molar-refractivity contribution in [2.24, 2.45) is 0 Å². The number of hydrogen-bond donors (Lipinski definition) is 1. The van der Waals surface area contributed by atoms with Crippen LogP contribution in [0.5, 0.6) is 0 Å². The average Bonchev–Trinajstić information content (AvgIpc) is 3.01. The molecule has 0 saturated carbocycles. The van der Waals surface area contributed by atoms with Gasteiger partial charge < -0.3 is 5.32 Å². The van der Waals surface area contributed by atoms with Gasteiger partial charge >= 0.3 is 0 Å². The third-order valence-corrected chi connectivity index (χ3v) is 4.81. The molecule has 0 aliphatic heterocycles. The van der Waals surface area contributed by atoms with E-state index in [-0.39, 0.29) is 5.54 Å². The predicted octanol–water partition coefficient (Wildman–Crippen LogP) is 4.37. The van der Waals surface area contributed by atoms with Gasteiger partial charge in [-0.05, 0) is 70.1 Å². The second-order valence-electron chi connectivity index (χ2n) is 7.80. The molecule has 3 heteroatoms. The Kier molecular flexibility index (Phi) is 4.58. The Hall–Kier alpha value is -1.61. The minimum Gasteiger partial charge on any atom is -0.306 e. The fraction of sp³-hybridized carbons (Fsp3) is 0.550. The van der Waals surface area contributed by atoms with Crippen LogP contribution in [0, 0.1) is 0 Å². The van der Waals surface area contributed by atoms with E-state index in [0.29, 0.717) is 6.04 Å². The Labute approximate surface area is 140 Å². The number of nitrogens with one attached hydrogen (secondary N) is 1. The van der Waals surface area contributed by atoms with Crippen molar-refractivity contribution in [2.45, 2.75) is 71.5 Å². The van der Waals surface area contributed by atoms with E-state index >= 15 is 0 Å². The molecule has 3 rings (SSSR count). The number of hydrogen-bond acceptors (Lipinski definition) is 2. The van der Waals surface area contributed by atoms with E-state index in [4.69, 9.17) is 0 Å². The fourth-order valence-corrected chi connectivity index (χ4v) is 3.23. The van der Waals surface area contributed by atoms with Crippen LogP contribution in [0.4, 0.5) is 0 Å². The first-order valence-corrected chi connectivity index (χ1v) is 8.82. The molecule has 0 amide bonds. The monoisotopic (exact) mass is 311 g/mol. The van der Waals surface area contributed by atoms with E-state index in [1.54, 1.807) is 11.1 Å². The Morgan fingerprint density at radius 3 is 2.61 bits per heavy atom. The highest BCUT2D eigenvalue weighted by Crippen LogP contribution is 2.25. The van der Waals surface area contributed by atoms with Crippen molar-refractivity contribution < 1.29 is 0 Å². The minimum atomic E-state index is 0.0440. The van der Waals surface area contributed by atoms with E-state index in [1.165, 1.54) is 36.8 Å². The van der Waals surface area contributed by atoms with E-state index in [2.05, 4.69) is 62.5 Å². The smallest absolute Gasteiger partial charge is 0.0543 e. The lowest BCUT2D eigenvalue weighted by Crippen LogP contribution is -2.22. The number of benzene rings is 1. The highest BCUT2D eigenvalue weighted by molar-refractivity contribution is 5.35. The second kappa shape index (κ2) is 6.48. The van der Waals surface area contributed by atoms with Crippen molar-refractivity contribution in [1.82, 2.24) is 15.1 Å². The van der Waals surface area contributed by atoms with Crippen LogP contribution in [-0.2, 0) is 24.9 Å².